The maximum atomic E-state index is 13.3. The normalized spacial score (nSPS) is 22.2. The zero-order valence-electron chi connectivity index (χ0n) is 18.6. The molecule has 1 aliphatic heterocycles. The molecule has 11 heteroatoms. The Labute approximate surface area is 197 Å². The SMILES string of the molecule is CC(O[C@H]1OCC[C@@H](Cc2ncn[nH]2)[C@@H]1c1ccccc1)c1cc(C(F)(F)F)cc(C(F)(F)F)c1. The molecule has 0 bridgehead atoms. The van der Waals surface area contributed by atoms with Crippen LogP contribution in [0.4, 0.5) is 26.3 Å². The van der Waals surface area contributed by atoms with Crippen LogP contribution in [0.25, 0.3) is 0 Å². The van der Waals surface area contributed by atoms with Gasteiger partial charge in [-0.1, -0.05) is 30.3 Å². The number of aromatic amines is 1. The number of nitrogens with one attached hydrogen (secondary N) is 1. The van der Waals surface area contributed by atoms with Gasteiger partial charge in [-0.2, -0.15) is 31.4 Å². The molecule has 0 amide bonds. The van der Waals surface area contributed by atoms with E-state index in [9.17, 15) is 26.3 Å². The van der Waals surface area contributed by atoms with Crippen LogP contribution < -0.4 is 0 Å². The average molecular weight is 499 g/mol. The predicted octanol–water partition coefficient (Wildman–Crippen LogP) is 6.31. The quantitative estimate of drug-likeness (QED) is 0.404. The van der Waals surface area contributed by atoms with E-state index in [1.807, 2.05) is 30.3 Å². The Kier molecular flexibility index (Phi) is 7.18. The molecule has 1 N–H and O–H groups in total. The van der Waals surface area contributed by atoms with Crippen molar-refractivity contribution in [3.05, 3.63) is 82.9 Å². The first-order valence-corrected chi connectivity index (χ1v) is 11.0. The molecule has 1 aromatic heterocycles. The van der Waals surface area contributed by atoms with Crippen molar-refractivity contribution in [3.8, 4) is 0 Å². The fourth-order valence-electron chi connectivity index (χ4n) is 4.37. The molecular formula is C24H23F6N3O2. The van der Waals surface area contributed by atoms with E-state index in [0.29, 0.717) is 37.4 Å². The summed E-state index contributed by atoms with van der Waals surface area (Å²) in [5.41, 5.74) is -2.12. The molecule has 0 saturated carbocycles. The fourth-order valence-corrected chi connectivity index (χ4v) is 4.37. The van der Waals surface area contributed by atoms with E-state index >= 15 is 0 Å². The summed E-state index contributed by atoms with van der Waals surface area (Å²) in [5, 5.41) is 6.69. The number of hydrogen-bond acceptors (Lipinski definition) is 4. The third kappa shape index (κ3) is 6.02. The van der Waals surface area contributed by atoms with E-state index in [1.54, 1.807) is 0 Å². The van der Waals surface area contributed by atoms with Crippen molar-refractivity contribution in [1.82, 2.24) is 15.2 Å². The largest absolute Gasteiger partial charge is 0.416 e. The summed E-state index contributed by atoms with van der Waals surface area (Å²) in [4.78, 5) is 4.18. The lowest BCUT2D eigenvalue weighted by atomic mass is 9.79. The molecule has 3 aromatic rings. The van der Waals surface area contributed by atoms with Crippen molar-refractivity contribution in [1.29, 1.82) is 0 Å². The van der Waals surface area contributed by atoms with Crippen molar-refractivity contribution in [2.75, 3.05) is 6.61 Å². The zero-order chi connectivity index (χ0) is 25.2. The molecule has 4 rings (SSSR count). The monoisotopic (exact) mass is 499 g/mol. The summed E-state index contributed by atoms with van der Waals surface area (Å²) in [6, 6.07) is 10.8. The third-order valence-electron chi connectivity index (χ3n) is 6.09. The second-order valence-electron chi connectivity index (χ2n) is 8.48. The lowest BCUT2D eigenvalue weighted by Crippen LogP contribution is -2.38. The highest BCUT2D eigenvalue weighted by Gasteiger charge is 2.40. The maximum Gasteiger partial charge on any atom is 0.416 e. The van der Waals surface area contributed by atoms with Gasteiger partial charge in [0.1, 0.15) is 12.2 Å². The molecule has 0 radical (unpaired) electrons. The van der Waals surface area contributed by atoms with Gasteiger partial charge in [0.2, 0.25) is 0 Å². The van der Waals surface area contributed by atoms with E-state index < -0.39 is 35.9 Å². The van der Waals surface area contributed by atoms with Crippen LogP contribution in [0.15, 0.2) is 54.9 Å². The molecule has 4 atom stereocenters. The minimum atomic E-state index is -4.94. The third-order valence-corrected chi connectivity index (χ3v) is 6.09. The van der Waals surface area contributed by atoms with E-state index in [-0.39, 0.29) is 23.5 Å². The van der Waals surface area contributed by atoms with Gasteiger partial charge in [0.25, 0.3) is 0 Å². The highest BCUT2D eigenvalue weighted by Crippen LogP contribution is 2.42. The van der Waals surface area contributed by atoms with Gasteiger partial charge in [-0.3, -0.25) is 5.10 Å². The van der Waals surface area contributed by atoms with E-state index in [1.165, 1.54) is 13.3 Å². The number of alkyl halides is 6. The van der Waals surface area contributed by atoms with Crippen LogP contribution >= 0.6 is 0 Å². The van der Waals surface area contributed by atoms with Crippen molar-refractivity contribution >= 4 is 0 Å². The fraction of sp³-hybridized carbons (Fsp3) is 0.417. The highest BCUT2D eigenvalue weighted by atomic mass is 19.4. The topological polar surface area (TPSA) is 60.0 Å². The van der Waals surface area contributed by atoms with Gasteiger partial charge >= 0.3 is 12.4 Å². The second kappa shape index (κ2) is 9.98. The molecule has 5 nitrogen and oxygen atoms in total. The summed E-state index contributed by atoms with van der Waals surface area (Å²) in [6.45, 7) is 1.73. The van der Waals surface area contributed by atoms with Crippen LogP contribution in [0, 0.1) is 5.92 Å². The molecular weight excluding hydrogens is 476 g/mol. The summed E-state index contributed by atoms with van der Waals surface area (Å²) in [6.07, 6.45) is -9.28. The van der Waals surface area contributed by atoms with E-state index in [0.717, 1.165) is 5.56 Å². The minimum absolute atomic E-state index is 0.0106. The standard InChI is InChI=1S/C24H23F6N3O2/c1-14(17-9-18(23(25,26)27)12-19(10-17)24(28,29)30)35-22-21(15-5-3-2-4-6-15)16(7-8-34-22)11-20-31-13-32-33-20/h2-6,9-10,12-14,16,21-22H,7-8,11H2,1H3,(H,31,32,33)/t14?,16-,21-,22+/m0/s1. The second-order valence-corrected chi connectivity index (χ2v) is 8.48. The molecule has 1 aliphatic rings. The van der Waals surface area contributed by atoms with Crippen LogP contribution in [0.1, 0.15) is 53.4 Å². The number of benzene rings is 2. The zero-order valence-corrected chi connectivity index (χ0v) is 18.6. The molecule has 1 unspecified atom stereocenters. The number of aromatic nitrogens is 3. The van der Waals surface area contributed by atoms with Gasteiger partial charge in [0.05, 0.1) is 23.8 Å². The number of halogens is 6. The van der Waals surface area contributed by atoms with Crippen molar-refractivity contribution in [2.24, 2.45) is 5.92 Å². The van der Waals surface area contributed by atoms with Gasteiger partial charge in [0.15, 0.2) is 6.29 Å². The van der Waals surface area contributed by atoms with Gasteiger partial charge < -0.3 is 9.47 Å². The Morgan fingerprint density at radius 3 is 2.26 bits per heavy atom. The van der Waals surface area contributed by atoms with Crippen LogP contribution in [0.3, 0.4) is 0 Å². The smallest absolute Gasteiger partial charge is 0.352 e. The molecule has 188 valence electrons. The van der Waals surface area contributed by atoms with Gasteiger partial charge in [-0.15, -0.1) is 0 Å². The summed E-state index contributed by atoms with van der Waals surface area (Å²) in [5.74, 6) is 0.325. The van der Waals surface area contributed by atoms with Gasteiger partial charge in [-0.25, -0.2) is 4.98 Å². The van der Waals surface area contributed by atoms with Crippen LogP contribution in [-0.4, -0.2) is 28.1 Å². The number of H-pyrrole nitrogens is 1. The average Bonchev–Trinajstić information content (AvgIpc) is 3.31. The Hall–Kier alpha value is -2.92. The Morgan fingerprint density at radius 1 is 1.03 bits per heavy atom. The van der Waals surface area contributed by atoms with Crippen molar-refractivity contribution in [3.63, 3.8) is 0 Å². The Bertz CT molecular complexity index is 1070. The molecule has 2 aromatic carbocycles. The van der Waals surface area contributed by atoms with Crippen LogP contribution in [0.5, 0.6) is 0 Å². The summed E-state index contributed by atoms with van der Waals surface area (Å²) in [7, 11) is 0. The number of hydrogen-bond donors (Lipinski definition) is 1. The molecule has 1 fully saturated rings. The molecule has 35 heavy (non-hydrogen) atoms. The number of rotatable bonds is 6. The van der Waals surface area contributed by atoms with Gasteiger partial charge in [-0.05, 0) is 48.6 Å². The summed E-state index contributed by atoms with van der Waals surface area (Å²) >= 11 is 0. The molecule has 2 heterocycles. The van der Waals surface area contributed by atoms with Crippen molar-refractivity contribution < 1.29 is 35.8 Å². The molecule has 0 aliphatic carbocycles. The Balaban J connectivity index is 1.64. The van der Waals surface area contributed by atoms with E-state index in [4.69, 9.17) is 9.47 Å². The number of nitrogens with zero attached hydrogens (tertiary/aromatic N) is 2. The highest BCUT2D eigenvalue weighted by molar-refractivity contribution is 5.35. The lowest BCUT2D eigenvalue weighted by molar-refractivity contribution is -0.209. The van der Waals surface area contributed by atoms with E-state index in [2.05, 4.69) is 15.2 Å². The van der Waals surface area contributed by atoms with Gasteiger partial charge in [0, 0.05) is 12.3 Å². The first-order chi connectivity index (χ1) is 16.5. The summed E-state index contributed by atoms with van der Waals surface area (Å²) < 4.78 is 91.9. The van der Waals surface area contributed by atoms with Crippen LogP contribution in [0.2, 0.25) is 0 Å². The molecule has 0 spiro atoms. The van der Waals surface area contributed by atoms with Crippen molar-refractivity contribution in [2.45, 2.75) is 50.4 Å². The minimum Gasteiger partial charge on any atom is -0.352 e. The van der Waals surface area contributed by atoms with Crippen LogP contribution in [-0.2, 0) is 28.2 Å². The first-order valence-electron chi connectivity index (χ1n) is 11.0. The predicted molar refractivity (Wildman–Crippen MR) is 113 cm³/mol. The molecule has 1 saturated heterocycles. The maximum absolute atomic E-state index is 13.3. The first kappa shape index (κ1) is 25.2. The lowest BCUT2D eigenvalue weighted by Gasteiger charge is -2.39. The Morgan fingerprint density at radius 2 is 1.69 bits per heavy atom. The number of ether oxygens (including phenoxy) is 2.